The van der Waals surface area contributed by atoms with Crippen LogP contribution in [0, 0.1) is 23.7 Å². The first kappa shape index (κ1) is 7.41. The number of hydrogen-bond acceptors (Lipinski definition) is 0. The van der Waals surface area contributed by atoms with Gasteiger partial charge in [0, 0.05) is 5.41 Å². The van der Waals surface area contributed by atoms with Gasteiger partial charge in [0.1, 0.15) is 0 Å². The Labute approximate surface area is 63.3 Å². The van der Waals surface area contributed by atoms with E-state index in [1.807, 2.05) is 0 Å². The van der Waals surface area contributed by atoms with Crippen LogP contribution in [0.25, 0.3) is 0 Å². The fourth-order valence-corrected chi connectivity index (χ4v) is 1.21. The fraction of sp³-hybridized carbons (Fsp3) is 0.600. The Kier molecular flexibility index (Phi) is 1.60. The van der Waals surface area contributed by atoms with Crippen LogP contribution >= 0.6 is 0 Å². The second-order valence-electron chi connectivity index (χ2n) is 3.62. The van der Waals surface area contributed by atoms with Gasteiger partial charge in [-0.25, -0.2) is 0 Å². The maximum atomic E-state index is 5.35. The minimum atomic E-state index is 0.192. The van der Waals surface area contributed by atoms with Crippen molar-refractivity contribution in [1.82, 2.24) is 0 Å². The normalized spacial score (nSPS) is 36.4. The molecule has 0 N–H and O–H groups in total. The van der Waals surface area contributed by atoms with Gasteiger partial charge in [-0.2, -0.15) is 0 Å². The van der Waals surface area contributed by atoms with Gasteiger partial charge in [0.2, 0.25) is 0 Å². The molecule has 0 aromatic heterocycles. The van der Waals surface area contributed by atoms with Gasteiger partial charge in [-0.15, -0.1) is 6.42 Å². The standard InChI is InChI=1S/C10H14/c1-5-10(4)7-9(10)6-8(2)3/h1,6,9H,7H2,2-4H3. The number of hydrogen-bond donors (Lipinski definition) is 0. The number of rotatable bonds is 1. The monoisotopic (exact) mass is 134 g/mol. The van der Waals surface area contributed by atoms with Crippen molar-refractivity contribution in [2.45, 2.75) is 27.2 Å². The summed E-state index contributed by atoms with van der Waals surface area (Å²) in [6, 6.07) is 0. The summed E-state index contributed by atoms with van der Waals surface area (Å²) in [5, 5.41) is 0. The third-order valence-electron chi connectivity index (χ3n) is 2.17. The van der Waals surface area contributed by atoms with E-state index in [4.69, 9.17) is 6.42 Å². The first-order chi connectivity index (χ1) is 4.58. The molecule has 0 amide bonds. The molecule has 2 atom stereocenters. The van der Waals surface area contributed by atoms with E-state index in [0.717, 1.165) is 0 Å². The molecule has 1 aliphatic carbocycles. The van der Waals surface area contributed by atoms with Crippen molar-refractivity contribution in [3.8, 4) is 12.3 Å². The van der Waals surface area contributed by atoms with Crippen LogP contribution in [0.2, 0.25) is 0 Å². The molecular formula is C10H14. The average Bonchev–Trinajstić information content (AvgIpc) is 2.43. The molecule has 0 aromatic rings. The van der Waals surface area contributed by atoms with E-state index in [0.29, 0.717) is 5.92 Å². The smallest absolute Gasteiger partial charge is 0.0353 e. The summed E-state index contributed by atoms with van der Waals surface area (Å²) in [6.45, 7) is 6.39. The highest BCUT2D eigenvalue weighted by Crippen LogP contribution is 2.52. The predicted octanol–water partition coefficient (Wildman–Crippen LogP) is 2.61. The van der Waals surface area contributed by atoms with E-state index >= 15 is 0 Å². The van der Waals surface area contributed by atoms with Crippen molar-refractivity contribution in [3.63, 3.8) is 0 Å². The van der Waals surface area contributed by atoms with Gasteiger partial charge in [0.15, 0.2) is 0 Å². The van der Waals surface area contributed by atoms with Gasteiger partial charge in [-0.3, -0.25) is 0 Å². The van der Waals surface area contributed by atoms with E-state index in [2.05, 4.69) is 32.8 Å². The SMILES string of the molecule is C#CC1(C)CC1C=C(C)C. The highest BCUT2D eigenvalue weighted by Gasteiger charge is 2.46. The Morgan fingerprint density at radius 1 is 1.70 bits per heavy atom. The highest BCUT2D eigenvalue weighted by atomic mass is 14.5. The molecule has 1 rings (SSSR count). The third kappa shape index (κ3) is 1.24. The molecule has 0 aromatic carbocycles. The topological polar surface area (TPSA) is 0 Å². The quantitative estimate of drug-likeness (QED) is 0.382. The molecule has 54 valence electrons. The van der Waals surface area contributed by atoms with Crippen molar-refractivity contribution < 1.29 is 0 Å². The van der Waals surface area contributed by atoms with Crippen LogP contribution in [0.15, 0.2) is 11.6 Å². The van der Waals surface area contributed by atoms with Crippen molar-refractivity contribution in [2.75, 3.05) is 0 Å². The summed E-state index contributed by atoms with van der Waals surface area (Å²) in [5.41, 5.74) is 1.57. The van der Waals surface area contributed by atoms with Crippen LogP contribution in [-0.2, 0) is 0 Å². The molecular weight excluding hydrogens is 120 g/mol. The van der Waals surface area contributed by atoms with Crippen LogP contribution in [0.3, 0.4) is 0 Å². The minimum absolute atomic E-state index is 0.192. The predicted molar refractivity (Wildman–Crippen MR) is 44.5 cm³/mol. The zero-order chi connectivity index (χ0) is 7.78. The second-order valence-corrected chi connectivity index (χ2v) is 3.62. The molecule has 0 heteroatoms. The summed E-state index contributed by atoms with van der Waals surface area (Å²) in [4.78, 5) is 0. The molecule has 1 fully saturated rings. The lowest BCUT2D eigenvalue weighted by Gasteiger charge is -1.96. The van der Waals surface area contributed by atoms with Gasteiger partial charge >= 0.3 is 0 Å². The number of terminal acetylenes is 1. The van der Waals surface area contributed by atoms with Gasteiger partial charge in [-0.1, -0.05) is 17.6 Å². The van der Waals surface area contributed by atoms with Crippen molar-refractivity contribution >= 4 is 0 Å². The molecule has 2 unspecified atom stereocenters. The second kappa shape index (κ2) is 2.16. The molecule has 0 heterocycles. The molecule has 0 bridgehead atoms. The van der Waals surface area contributed by atoms with E-state index < -0.39 is 0 Å². The first-order valence-corrected chi connectivity index (χ1v) is 3.71. The van der Waals surface area contributed by atoms with Crippen molar-refractivity contribution in [1.29, 1.82) is 0 Å². The molecule has 0 saturated heterocycles. The molecule has 0 aliphatic heterocycles. The molecule has 0 radical (unpaired) electrons. The van der Waals surface area contributed by atoms with Gasteiger partial charge in [0.05, 0.1) is 0 Å². The Morgan fingerprint density at radius 2 is 2.30 bits per heavy atom. The number of allylic oxidation sites excluding steroid dienone is 2. The van der Waals surface area contributed by atoms with E-state index in [1.54, 1.807) is 0 Å². The highest BCUT2D eigenvalue weighted by molar-refractivity contribution is 5.24. The fourth-order valence-electron chi connectivity index (χ4n) is 1.21. The Morgan fingerprint density at radius 3 is 2.60 bits per heavy atom. The van der Waals surface area contributed by atoms with Crippen LogP contribution in [0.1, 0.15) is 27.2 Å². The van der Waals surface area contributed by atoms with Crippen LogP contribution in [0.5, 0.6) is 0 Å². The van der Waals surface area contributed by atoms with Crippen LogP contribution < -0.4 is 0 Å². The van der Waals surface area contributed by atoms with Gasteiger partial charge in [-0.05, 0) is 33.1 Å². The van der Waals surface area contributed by atoms with E-state index in [9.17, 15) is 0 Å². The van der Waals surface area contributed by atoms with Crippen molar-refractivity contribution in [3.05, 3.63) is 11.6 Å². The molecule has 10 heavy (non-hydrogen) atoms. The summed E-state index contributed by atoms with van der Waals surface area (Å²) in [6.07, 6.45) is 8.81. The zero-order valence-electron chi connectivity index (χ0n) is 6.94. The van der Waals surface area contributed by atoms with Crippen LogP contribution in [-0.4, -0.2) is 0 Å². The molecule has 1 aliphatic rings. The van der Waals surface area contributed by atoms with E-state index in [-0.39, 0.29) is 5.41 Å². The molecule has 0 spiro atoms. The summed E-state index contributed by atoms with van der Waals surface area (Å²) in [5.74, 6) is 3.48. The molecule has 1 saturated carbocycles. The van der Waals surface area contributed by atoms with E-state index in [1.165, 1.54) is 12.0 Å². The lowest BCUT2D eigenvalue weighted by molar-refractivity contribution is 0.725. The minimum Gasteiger partial charge on any atom is -0.120 e. The summed E-state index contributed by atoms with van der Waals surface area (Å²) < 4.78 is 0. The Bertz CT molecular complexity index is 201. The third-order valence-corrected chi connectivity index (χ3v) is 2.17. The largest absolute Gasteiger partial charge is 0.120 e. The van der Waals surface area contributed by atoms with Crippen LogP contribution in [0.4, 0.5) is 0 Å². The Balaban J connectivity index is 2.56. The van der Waals surface area contributed by atoms with Crippen molar-refractivity contribution in [2.24, 2.45) is 11.3 Å². The average molecular weight is 134 g/mol. The zero-order valence-corrected chi connectivity index (χ0v) is 6.94. The maximum absolute atomic E-state index is 5.35. The van der Waals surface area contributed by atoms with Gasteiger partial charge in [0.25, 0.3) is 0 Å². The maximum Gasteiger partial charge on any atom is 0.0353 e. The summed E-state index contributed by atoms with van der Waals surface area (Å²) >= 11 is 0. The molecule has 0 nitrogen and oxygen atoms in total. The lowest BCUT2D eigenvalue weighted by Crippen LogP contribution is -1.90. The lowest BCUT2D eigenvalue weighted by atomic mass is 10.1. The summed E-state index contributed by atoms with van der Waals surface area (Å²) in [7, 11) is 0. The first-order valence-electron chi connectivity index (χ1n) is 3.71. The van der Waals surface area contributed by atoms with Gasteiger partial charge < -0.3 is 0 Å². The Hall–Kier alpha value is -0.700.